The van der Waals surface area contributed by atoms with E-state index in [0.717, 1.165) is 0 Å². The molecule has 20 heavy (non-hydrogen) atoms. The Labute approximate surface area is 115 Å². The van der Waals surface area contributed by atoms with Crippen molar-refractivity contribution in [1.82, 2.24) is 14.6 Å². The average molecular weight is 279 g/mol. The van der Waals surface area contributed by atoms with Gasteiger partial charge in [0.25, 0.3) is 5.56 Å². The number of hydrogen-bond acceptors (Lipinski definition) is 5. The second-order valence-electron chi connectivity index (χ2n) is 5.38. The number of nitrogens with one attached hydrogen (secondary N) is 1. The number of carbonyl (C=O) groups is 1. The fourth-order valence-electron chi connectivity index (χ4n) is 1.83. The van der Waals surface area contributed by atoms with Gasteiger partial charge in [-0.1, -0.05) is 0 Å². The molecule has 0 atom stereocenters. The molecule has 0 unspecified atom stereocenters. The lowest BCUT2D eigenvalue weighted by atomic mass is 10.1. The summed E-state index contributed by atoms with van der Waals surface area (Å²) in [5, 5.41) is 11.8. The third-order valence-corrected chi connectivity index (χ3v) is 2.59. The van der Waals surface area contributed by atoms with Crippen LogP contribution in [0, 0.1) is 0 Å². The van der Waals surface area contributed by atoms with Crippen molar-refractivity contribution in [2.75, 3.05) is 6.61 Å². The van der Waals surface area contributed by atoms with Gasteiger partial charge in [0.2, 0.25) is 0 Å². The zero-order chi connectivity index (χ0) is 14.9. The monoisotopic (exact) mass is 279 g/mol. The van der Waals surface area contributed by atoms with Gasteiger partial charge in [0.1, 0.15) is 5.60 Å². The molecule has 0 radical (unpaired) electrons. The number of aromatic nitrogens is 3. The molecule has 0 fully saturated rings. The number of carbonyl (C=O) groups excluding carboxylic acids is 1. The topological polar surface area (TPSA) is 96.7 Å². The van der Waals surface area contributed by atoms with Crippen molar-refractivity contribution < 1.29 is 14.6 Å². The first kappa shape index (κ1) is 14.3. The van der Waals surface area contributed by atoms with Gasteiger partial charge < -0.3 is 9.84 Å². The predicted molar refractivity (Wildman–Crippen MR) is 71.8 cm³/mol. The Morgan fingerprint density at radius 3 is 2.80 bits per heavy atom. The maximum absolute atomic E-state index is 12.2. The van der Waals surface area contributed by atoms with Crippen molar-refractivity contribution in [2.24, 2.45) is 0 Å². The van der Waals surface area contributed by atoms with E-state index in [-0.39, 0.29) is 24.3 Å². The Bertz CT molecular complexity index is 694. The van der Waals surface area contributed by atoms with E-state index >= 15 is 0 Å². The number of nitrogens with zero attached hydrogens (tertiary/aromatic N) is 2. The summed E-state index contributed by atoms with van der Waals surface area (Å²) in [6.45, 7) is 4.95. The second-order valence-corrected chi connectivity index (χ2v) is 5.38. The van der Waals surface area contributed by atoms with Crippen LogP contribution in [0.2, 0.25) is 0 Å². The van der Waals surface area contributed by atoms with Crippen LogP contribution < -0.4 is 5.56 Å². The van der Waals surface area contributed by atoms with Gasteiger partial charge in [0, 0.05) is 25.3 Å². The predicted octanol–water partition coefficient (Wildman–Crippen LogP) is 0.513. The smallest absolute Gasteiger partial charge is 0.358 e. The number of H-pyrrole nitrogens is 1. The lowest BCUT2D eigenvalue weighted by molar-refractivity contribution is 0.00613. The highest BCUT2D eigenvalue weighted by Gasteiger charge is 2.24. The third-order valence-electron chi connectivity index (χ3n) is 2.59. The number of aromatic amines is 1. The molecule has 2 rings (SSSR count). The molecular weight excluding hydrogens is 262 g/mol. The van der Waals surface area contributed by atoms with E-state index in [1.807, 2.05) is 0 Å². The van der Waals surface area contributed by atoms with Crippen LogP contribution in [-0.4, -0.2) is 37.9 Å². The van der Waals surface area contributed by atoms with Gasteiger partial charge in [-0.25, -0.2) is 14.3 Å². The van der Waals surface area contributed by atoms with Crippen molar-refractivity contribution in [1.29, 1.82) is 0 Å². The van der Waals surface area contributed by atoms with Gasteiger partial charge in [-0.15, -0.1) is 0 Å². The van der Waals surface area contributed by atoms with E-state index in [4.69, 9.17) is 9.84 Å². The van der Waals surface area contributed by atoms with Crippen molar-refractivity contribution >= 4 is 11.6 Å². The molecule has 0 amide bonds. The molecule has 0 aromatic carbocycles. The molecule has 0 bridgehead atoms. The van der Waals surface area contributed by atoms with Crippen LogP contribution in [0.1, 0.15) is 36.8 Å². The minimum atomic E-state index is -0.682. The molecule has 7 nitrogen and oxygen atoms in total. The van der Waals surface area contributed by atoms with Gasteiger partial charge in [0.05, 0.1) is 5.56 Å². The van der Waals surface area contributed by atoms with Crippen LogP contribution in [-0.2, 0) is 11.2 Å². The van der Waals surface area contributed by atoms with Crippen molar-refractivity contribution in [3.63, 3.8) is 0 Å². The lowest BCUT2D eigenvalue weighted by Gasteiger charge is -2.19. The maximum Gasteiger partial charge on any atom is 0.358 e. The Hall–Kier alpha value is -2.15. The fourth-order valence-corrected chi connectivity index (χ4v) is 1.83. The molecule has 0 aliphatic heterocycles. The number of aliphatic hydroxyl groups is 1. The molecule has 7 heteroatoms. The first-order chi connectivity index (χ1) is 9.33. The van der Waals surface area contributed by atoms with Gasteiger partial charge in [-0.05, 0) is 20.8 Å². The zero-order valence-electron chi connectivity index (χ0n) is 11.6. The highest BCUT2D eigenvalue weighted by atomic mass is 16.6. The summed E-state index contributed by atoms with van der Waals surface area (Å²) in [5.74, 6) is -0.665. The van der Waals surface area contributed by atoms with Gasteiger partial charge in [0.15, 0.2) is 11.3 Å². The zero-order valence-corrected chi connectivity index (χ0v) is 11.6. The van der Waals surface area contributed by atoms with E-state index < -0.39 is 17.1 Å². The maximum atomic E-state index is 12.2. The molecule has 108 valence electrons. The second kappa shape index (κ2) is 5.09. The van der Waals surface area contributed by atoms with Crippen LogP contribution in [0.25, 0.3) is 5.65 Å². The van der Waals surface area contributed by atoms with Crippen molar-refractivity contribution in [3.8, 4) is 0 Å². The summed E-state index contributed by atoms with van der Waals surface area (Å²) in [4.78, 5) is 28.5. The Balaban J connectivity index is 2.58. The summed E-state index contributed by atoms with van der Waals surface area (Å²) in [7, 11) is 0. The summed E-state index contributed by atoms with van der Waals surface area (Å²) in [6, 6.07) is 1.58. The molecule has 0 aliphatic rings. The molecule has 2 heterocycles. The number of rotatable bonds is 3. The van der Waals surface area contributed by atoms with Crippen LogP contribution in [0.15, 0.2) is 17.1 Å². The molecule has 0 saturated carbocycles. The van der Waals surface area contributed by atoms with Gasteiger partial charge in [-0.2, -0.15) is 0 Å². The van der Waals surface area contributed by atoms with Gasteiger partial charge >= 0.3 is 5.97 Å². The summed E-state index contributed by atoms with van der Waals surface area (Å²) in [5.41, 5.74) is -0.661. The lowest BCUT2D eigenvalue weighted by Crippen LogP contribution is -2.30. The fraction of sp³-hybridized carbons (Fsp3) is 0.462. The molecule has 0 saturated heterocycles. The molecule has 2 N–H and O–H groups in total. The van der Waals surface area contributed by atoms with Crippen LogP contribution in [0.3, 0.4) is 0 Å². The number of aliphatic hydroxyl groups excluding tert-OH is 1. The summed E-state index contributed by atoms with van der Waals surface area (Å²) in [6.07, 6.45) is 1.59. The van der Waals surface area contributed by atoms with E-state index in [0.29, 0.717) is 5.65 Å². The Kier molecular flexibility index (Phi) is 3.63. The Morgan fingerprint density at radius 2 is 2.20 bits per heavy atom. The van der Waals surface area contributed by atoms with E-state index in [1.54, 1.807) is 33.0 Å². The van der Waals surface area contributed by atoms with Crippen LogP contribution in [0.5, 0.6) is 0 Å². The number of esters is 1. The van der Waals surface area contributed by atoms with E-state index in [1.165, 1.54) is 4.52 Å². The van der Waals surface area contributed by atoms with E-state index in [9.17, 15) is 9.59 Å². The van der Waals surface area contributed by atoms with Crippen LogP contribution in [0.4, 0.5) is 0 Å². The van der Waals surface area contributed by atoms with Crippen molar-refractivity contribution in [2.45, 2.75) is 32.8 Å². The van der Waals surface area contributed by atoms with Crippen molar-refractivity contribution in [3.05, 3.63) is 33.9 Å². The average Bonchev–Trinajstić information content (AvgIpc) is 2.78. The molecule has 0 aliphatic carbocycles. The largest absolute Gasteiger partial charge is 0.455 e. The molecular formula is C13H17N3O4. The first-order valence-electron chi connectivity index (χ1n) is 6.26. The molecule has 2 aromatic rings. The van der Waals surface area contributed by atoms with Gasteiger partial charge in [-0.3, -0.25) is 9.89 Å². The first-order valence-corrected chi connectivity index (χ1v) is 6.26. The highest BCUT2D eigenvalue weighted by Crippen LogP contribution is 2.13. The highest BCUT2D eigenvalue weighted by molar-refractivity contribution is 5.89. The summed E-state index contributed by atoms with van der Waals surface area (Å²) >= 11 is 0. The van der Waals surface area contributed by atoms with Crippen LogP contribution >= 0.6 is 0 Å². The summed E-state index contributed by atoms with van der Waals surface area (Å²) < 4.78 is 6.47. The Morgan fingerprint density at radius 1 is 1.50 bits per heavy atom. The number of fused-ring (bicyclic) bond motifs is 1. The third kappa shape index (κ3) is 2.72. The quantitative estimate of drug-likeness (QED) is 0.798. The SMILES string of the molecule is CC(C)(C)OC(=O)c1nc2cc[nH]n2c(=O)c1CCO. The number of ether oxygens (including phenoxy) is 1. The van der Waals surface area contributed by atoms with E-state index in [2.05, 4.69) is 10.1 Å². The minimum absolute atomic E-state index is 0.0430. The molecule has 2 aromatic heterocycles. The number of hydrogen-bond donors (Lipinski definition) is 2. The normalized spacial score (nSPS) is 11.8. The minimum Gasteiger partial charge on any atom is -0.455 e. The standard InChI is InChI=1S/C13H17N3O4/c1-13(2,3)20-12(19)10-8(5-7-17)11(18)16-9(15-10)4-6-14-16/h4,6,14,17H,5,7H2,1-3H3. The molecule has 0 spiro atoms.